The van der Waals surface area contributed by atoms with Crippen LogP contribution in [0.4, 0.5) is 13.2 Å². The first kappa shape index (κ1) is 15.6. The molecule has 0 saturated carbocycles. The number of amides is 1. The second-order valence-electron chi connectivity index (χ2n) is 4.75. The highest BCUT2D eigenvalue weighted by Crippen LogP contribution is 2.30. The number of halogens is 3. The summed E-state index contributed by atoms with van der Waals surface area (Å²) in [5.74, 6) is 0.333. The Morgan fingerprint density at radius 3 is 2.38 bits per heavy atom. The number of carbonyl (C=O) groups is 1. The van der Waals surface area contributed by atoms with Gasteiger partial charge in [0, 0.05) is 26.2 Å². The molecule has 1 aliphatic heterocycles. The van der Waals surface area contributed by atoms with Gasteiger partial charge in [0.15, 0.2) is 0 Å². The second kappa shape index (κ2) is 6.80. The Bertz CT molecular complexity index is 468. The lowest BCUT2D eigenvalue weighted by molar-refractivity contribution is -0.137. The highest BCUT2D eigenvalue weighted by molar-refractivity contribution is 5.76. The summed E-state index contributed by atoms with van der Waals surface area (Å²) in [6, 6.07) is 4.46. The lowest BCUT2D eigenvalue weighted by Crippen LogP contribution is -2.46. The largest absolute Gasteiger partial charge is 0.493 e. The fraction of sp³-hybridized carbons (Fsp3) is 0.500. The molecule has 1 aromatic rings. The minimum absolute atomic E-state index is 0.00316. The summed E-state index contributed by atoms with van der Waals surface area (Å²) in [5.41, 5.74) is -0.716. The maximum Gasteiger partial charge on any atom is 0.416 e. The van der Waals surface area contributed by atoms with Crippen molar-refractivity contribution in [3.05, 3.63) is 29.8 Å². The molecule has 116 valence electrons. The molecule has 0 bridgehead atoms. The number of hydrogen-bond donors (Lipinski definition) is 1. The fourth-order valence-corrected chi connectivity index (χ4v) is 2.07. The molecule has 4 nitrogen and oxygen atoms in total. The van der Waals surface area contributed by atoms with Gasteiger partial charge in [0.2, 0.25) is 5.91 Å². The third kappa shape index (κ3) is 4.63. The molecular weight excluding hydrogens is 285 g/mol. The minimum Gasteiger partial charge on any atom is -0.493 e. The van der Waals surface area contributed by atoms with E-state index >= 15 is 0 Å². The number of rotatable bonds is 4. The van der Waals surface area contributed by atoms with Crippen LogP contribution >= 0.6 is 0 Å². The van der Waals surface area contributed by atoms with Gasteiger partial charge in [-0.2, -0.15) is 13.2 Å². The Kier molecular flexibility index (Phi) is 5.06. The molecule has 7 heteroatoms. The first-order chi connectivity index (χ1) is 9.97. The standard InChI is InChI=1S/C14H17F3N2O2/c15-14(16,17)11-1-3-12(4-2-11)21-10-5-13(20)19-8-6-18-7-9-19/h1-4,18H,5-10H2. The van der Waals surface area contributed by atoms with E-state index in [0.717, 1.165) is 25.2 Å². The van der Waals surface area contributed by atoms with Crippen LogP contribution in [0.25, 0.3) is 0 Å². The molecule has 0 radical (unpaired) electrons. The van der Waals surface area contributed by atoms with Crippen LogP contribution in [0.15, 0.2) is 24.3 Å². The monoisotopic (exact) mass is 302 g/mol. The quantitative estimate of drug-likeness (QED) is 0.924. The van der Waals surface area contributed by atoms with Crippen LogP contribution in [0.2, 0.25) is 0 Å². The molecule has 0 atom stereocenters. The highest BCUT2D eigenvalue weighted by Gasteiger charge is 2.30. The van der Waals surface area contributed by atoms with Gasteiger partial charge in [-0.15, -0.1) is 0 Å². The van der Waals surface area contributed by atoms with Crippen LogP contribution in [0.1, 0.15) is 12.0 Å². The van der Waals surface area contributed by atoms with Crippen molar-refractivity contribution in [2.24, 2.45) is 0 Å². The van der Waals surface area contributed by atoms with E-state index in [0.29, 0.717) is 18.8 Å². The molecule has 1 aromatic carbocycles. The van der Waals surface area contributed by atoms with E-state index in [4.69, 9.17) is 4.74 Å². The van der Waals surface area contributed by atoms with E-state index in [2.05, 4.69) is 5.32 Å². The van der Waals surface area contributed by atoms with E-state index < -0.39 is 11.7 Å². The van der Waals surface area contributed by atoms with Gasteiger partial charge in [-0.3, -0.25) is 4.79 Å². The van der Waals surface area contributed by atoms with Crippen LogP contribution in [0.3, 0.4) is 0 Å². The maximum absolute atomic E-state index is 12.4. The Hall–Kier alpha value is -1.76. The number of nitrogens with one attached hydrogen (secondary N) is 1. The molecule has 0 spiro atoms. The number of hydrogen-bond acceptors (Lipinski definition) is 3. The molecule has 2 rings (SSSR count). The third-order valence-electron chi connectivity index (χ3n) is 3.24. The predicted octanol–water partition coefficient (Wildman–Crippen LogP) is 1.91. The van der Waals surface area contributed by atoms with Crippen LogP contribution in [-0.2, 0) is 11.0 Å². The summed E-state index contributed by atoms with van der Waals surface area (Å²) in [4.78, 5) is 13.6. The normalized spacial score (nSPS) is 15.9. The Balaban J connectivity index is 1.76. The summed E-state index contributed by atoms with van der Waals surface area (Å²) >= 11 is 0. The third-order valence-corrected chi connectivity index (χ3v) is 3.24. The van der Waals surface area contributed by atoms with Gasteiger partial charge >= 0.3 is 6.18 Å². The van der Waals surface area contributed by atoms with Crippen LogP contribution in [0.5, 0.6) is 5.75 Å². The molecule has 0 aromatic heterocycles. The van der Waals surface area contributed by atoms with Gasteiger partial charge in [-0.25, -0.2) is 0 Å². The van der Waals surface area contributed by atoms with Crippen molar-refractivity contribution in [2.75, 3.05) is 32.8 Å². The van der Waals surface area contributed by atoms with Gasteiger partial charge in [0.05, 0.1) is 18.6 Å². The zero-order chi connectivity index (χ0) is 15.3. The molecular formula is C14H17F3N2O2. The topological polar surface area (TPSA) is 41.6 Å². The maximum atomic E-state index is 12.4. The van der Waals surface area contributed by atoms with Gasteiger partial charge in [0.1, 0.15) is 5.75 Å². The van der Waals surface area contributed by atoms with Crippen molar-refractivity contribution in [1.82, 2.24) is 10.2 Å². The van der Waals surface area contributed by atoms with Crippen molar-refractivity contribution >= 4 is 5.91 Å². The van der Waals surface area contributed by atoms with E-state index in [9.17, 15) is 18.0 Å². The summed E-state index contributed by atoms with van der Waals surface area (Å²) in [7, 11) is 0. The number of carbonyl (C=O) groups excluding carboxylic acids is 1. The Morgan fingerprint density at radius 2 is 1.81 bits per heavy atom. The van der Waals surface area contributed by atoms with E-state index in [1.807, 2.05) is 0 Å². The molecule has 1 aliphatic rings. The van der Waals surface area contributed by atoms with E-state index in [1.54, 1.807) is 4.90 Å². The smallest absolute Gasteiger partial charge is 0.416 e. The van der Waals surface area contributed by atoms with Crippen molar-refractivity contribution in [3.8, 4) is 5.75 Å². The molecule has 21 heavy (non-hydrogen) atoms. The lowest BCUT2D eigenvalue weighted by Gasteiger charge is -2.27. The number of piperazine rings is 1. The molecule has 1 saturated heterocycles. The molecule has 1 N–H and O–H groups in total. The number of alkyl halides is 3. The van der Waals surface area contributed by atoms with Crippen molar-refractivity contribution in [3.63, 3.8) is 0 Å². The minimum atomic E-state index is -4.35. The molecule has 1 amide bonds. The first-order valence-corrected chi connectivity index (χ1v) is 6.75. The fourth-order valence-electron chi connectivity index (χ4n) is 2.07. The van der Waals surface area contributed by atoms with Gasteiger partial charge < -0.3 is 15.0 Å². The summed E-state index contributed by atoms with van der Waals surface area (Å²) in [6.45, 7) is 3.09. The van der Waals surface area contributed by atoms with Crippen LogP contribution < -0.4 is 10.1 Å². The van der Waals surface area contributed by atoms with Crippen molar-refractivity contribution in [1.29, 1.82) is 0 Å². The molecule has 1 heterocycles. The molecule has 0 aliphatic carbocycles. The zero-order valence-corrected chi connectivity index (χ0v) is 11.4. The summed E-state index contributed by atoms with van der Waals surface area (Å²) in [6.07, 6.45) is -4.13. The lowest BCUT2D eigenvalue weighted by atomic mass is 10.2. The molecule has 1 fully saturated rings. The van der Waals surface area contributed by atoms with Crippen molar-refractivity contribution in [2.45, 2.75) is 12.6 Å². The Morgan fingerprint density at radius 1 is 1.19 bits per heavy atom. The van der Waals surface area contributed by atoms with E-state index in [-0.39, 0.29) is 18.9 Å². The second-order valence-corrected chi connectivity index (χ2v) is 4.75. The van der Waals surface area contributed by atoms with Gasteiger partial charge in [-0.1, -0.05) is 0 Å². The predicted molar refractivity (Wildman–Crippen MR) is 71.0 cm³/mol. The van der Waals surface area contributed by atoms with Crippen molar-refractivity contribution < 1.29 is 22.7 Å². The van der Waals surface area contributed by atoms with Crippen LogP contribution in [0, 0.1) is 0 Å². The SMILES string of the molecule is O=C(CCOc1ccc(C(F)(F)F)cc1)N1CCNCC1. The summed E-state index contributed by atoms with van der Waals surface area (Å²) < 4.78 is 42.5. The number of nitrogens with zero attached hydrogens (tertiary/aromatic N) is 1. The average molecular weight is 302 g/mol. The zero-order valence-electron chi connectivity index (χ0n) is 11.4. The van der Waals surface area contributed by atoms with Gasteiger partial charge in [-0.05, 0) is 24.3 Å². The molecule has 0 unspecified atom stereocenters. The number of ether oxygens (including phenoxy) is 1. The Labute approximate surface area is 120 Å². The van der Waals surface area contributed by atoms with E-state index in [1.165, 1.54) is 12.1 Å². The first-order valence-electron chi connectivity index (χ1n) is 6.75. The van der Waals surface area contributed by atoms with Crippen LogP contribution in [-0.4, -0.2) is 43.6 Å². The highest BCUT2D eigenvalue weighted by atomic mass is 19.4. The number of benzene rings is 1. The van der Waals surface area contributed by atoms with Gasteiger partial charge in [0.25, 0.3) is 0 Å². The summed E-state index contributed by atoms with van der Waals surface area (Å²) in [5, 5.41) is 3.15. The average Bonchev–Trinajstić information content (AvgIpc) is 2.47.